The average Bonchev–Trinajstić information content (AvgIpc) is 3.22. The number of carbonyl (C=O) groups excluding carboxylic acids is 1. The molecule has 0 atom stereocenters. The van der Waals surface area contributed by atoms with Gasteiger partial charge in [-0.25, -0.2) is 0 Å². The van der Waals surface area contributed by atoms with E-state index >= 15 is 0 Å². The molecule has 0 spiro atoms. The third kappa shape index (κ3) is 3.67. The van der Waals surface area contributed by atoms with E-state index in [1.807, 2.05) is 4.90 Å². The van der Waals surface area contributed by atoms with Crippen LogP contribution in [0.1, 0.15) is 40.8 Å². The normalized spacial score (nSPS) is 18.4. The van der Waals surface area contributed by atoms with Crippen LogP contribution in [0, 0.1) is 0 Å². The summed E-state index contributed by atoms with van der Waals surface area (Å²) >= 11 is 0. The van der Waals surface area contributed by atoms with E-state index in [0.29, 0.717) is 55.0 Å². The predicted molar refractivity (Wildman–Crippen MR) is 111 cm³/mol. The number of amides is 1. The van der Waals surface area contributed by atoms with Gasteiger partial charge < -0.3 is 29.0 Å². The molecule has 30 heavy (non-hydrogen) atoms. The molecule has 1 saturated heterocycles. The van der Waals surface area contributed by atoms with Crippen LogP contribution >= 0.6 is 12.4 Å². The van der Waals surface area contributed by atoms with Gasteiger partial charge in [0.05, 0.1) is 13.7 Å². The van der Waals surface area contributed by atoms with E-state index < -0.39 is 0 Å². The number of methoxy groups -OCH3 is 1. The van der Waals surface area contributed by atoms with Gasteiger partial charge in [-0.15, -0.1) is 22.6 Å². The first-order valence-corrected chi connectivity index (χ1v) is 10.1. The molecule has 1 fully saturated rings. The van der Waals surface area contributed by atoms with Gasteiger partial charge in [0.15, 0.2) is 11.5 Å². The van der Waals surface area contributed by atoms with E-state index in [0.717, 1.165) is 44.1 Å². The SMILES string of the molecule is COc1cc(C(=O)N2CCC(c3nnc4n3CCNC4)CC2)cc2c1OCCO2.Cl. The number of ether oxygens (including phenoxy) is 3. The van der Waals surface area contributed by atoms with E-state index in [9.17, 15) is 4.79 Å². The first kappa shape index (κ1) is 20.7. The van der Waals surface area contributed by atoms with Crippen LogP contribution in [0.2, 0.25) is 0 Å². The lowest BCUT2D eigenvalue weighted by atomic mass is 9.95. The minimum absolute atomic E-state index is 0. The number of fused-ring (bicyclic) bond motifs is 2. The van der Waals surface area contributed by atoms with Gasteiger partial charge in [-0.1, -0.05) is 0 Å². The summed E-state index contributed by atoms with van der Waals surface area (Å²) in [6, 6.07) is 3.50. The van der Waals surface area contributed by atoms with Crippen molar-refractivity contribution in [2.75, 3.05) is 40.0 Å². The smallest absolute Gasteiger partial charge is 0.254 e. The number of nitrogens with zero attached hydrogens (tertiary/aromatic N) is 4. The molecule has 1 aromatic carbocycles. The summed E-state index contributed by atoms with van der Waals surface area (Å²) in [7, 11) is 1.57. The molecule has 162 valence electrons. The summed E-state index contributed by atoms with van der Waals surface area (Å²) in [6.07, 6.45) is 1.78. The van der Waals surface area contributed by atoms with Gasteiger partial charge >= 0.3 is 0 Å². The van der Waals surface area contributed by atoms with Crippen molar-refractivity contribution < 1.29 is 19.0 Å². The maximum atomic E-state index is 13.1. The number of aromatic nitrogens is 3. The Kier molecular flexibility index (Phi) is 6.01. The summed E-state index contributed by atoms with van der Waals surface area (Å²) < 4.78 is 18.9. The molecule has 0 unspecified atom stereocenters. The lowest BCUT2D eigenvalue weighted by molar-refractivity contribution is 0.0708. The highest BCUT2D eigenvalue weighted by molar-refractivity contribution is 5.95. The molecule has 4 heterocycles. The van der Waals surface area contributed by atoms with Crippen molar-refractivity contribution in [2.24, 2.45) is 0 Å². The second-order valence-corrected chi connectivity index (χ2v) is 7.57. The first-order valence-electron chi connectivity index (χ1n) is 10.1. The van der Waals surface area contributed by atoms with Crippen LogP contribution in [-0.4, -0.2) is 65.5 Å². The molecule has 0 saturated carbocycles. The Morgan fingerprint density at radius 3 is 2.77 bits per heavy atom. The van der Waals surface area contributed by atoms with E-state index in [4.69, 9.17) is 14.2 Å². The number of piperidine rings is 1. The Morgan fingerprint density at radius 2 is 1.97 bits per heavy atom. The van der Waals surface area contributed by atoms with E-state index in [-0.39, 0.29) is 18.3 Å². The predicted octanol–water partition coefficient (Wildman–Crippen LogP) is 1.60. The van der Waals surface area contributed by atoms with Crippen LogP contribution in [0.4, 0.5) is 0 Å². The maximum absolute atomic E-state index is 13.1. The highest BCUT2D eigenvalue weighted by Crippen LogP contribution is 2.41. The summed E-state index contributed by atoms with van der Waals surface area (Å²) in [5, 5.41) is 12.1. The fourth-order valence-electron chi connectivity index (χ4n) is 4.34. The summed E-state index contributed by atoms with van der Waals surface area (Å²) in [6.45, 7) is 4.97. The number of carbonyl (C=O) groups is 1. The van der Waals surface area contributed by atoms with Gasteiger partial charge in [-0.05, 0) is 25.0 Å². The number of likely N-dealkylation sites (tertiary alicyclic amines) is 1. The molecule has 3 aliphatic heterocycles. The number of benzene rings is 1. The highest BCUT2D eigenvalue weighted by Gasteiger charge is 2.30. The Balaban J connectivity index is 0.00000218. The monoisotopic (exact) mass is 435 g/mol. The van der Waals surface area contributed by atoms with Crippen LogP contribution in [0.3, 0.4) is 0 Å². The molecule has 0 radical (unpaired) electrons. The van der Waals surface area contributed by atoms with Crippen molar-refractivity contribution in [3.8, 4) is 17.2 Å². The number of hydrogen-bond donors (Lipinski definition) is 1. The lowest BCUT2D eigenvalue weighted by Gasteiger charge is -2.32. The summed E-state index contributed by atoms with van der Waals surface area (Å²) in [5.41, 5.74) is 0.565. The molecule has 1 N–H and O–H groups in total. The molecule has 1 amide bonds. The van der Waals surface area contributed by atoms with Gasteiger partial charge in [0.1, 0.15) is 24.9 Å². The Bertz CT molecular complexity index is 909. The standard InChI is InChI=1S/C20H25N5O4.ClH/c1-27-15-10-14(11-16-18(15)29-9-8-28-16)20(26)24-5-2-13(3-6-24)19-23-22-17-12-21-4-7-25(17)19;/h10-11,13,21H,2-9,12H2,1H3;1H. The van der Waals surface area contributed by atoms with Crippen molar-refractivity contribution in [1.29, 1.82) is 0 Å². The maximum Gasteiger partial charge on any atom is 0.254 e. The average molecular weight is 436 g/mol. The molecular formula is C20H26ClN5O4. The zero-order valence-electron chi connectivity index (χ0n) is 16.9. The van der Waals surface area contributed by atoms with Gasteiger partial charge in [0.2, 0.25) is 5.75 Å². The molecular weight excluding hydrogens is 410 g/mol. The Hall–Kier alpha value is -2.52. The van der Waals surface area contributed by atoms with Crippen molar-refractivity contribution in [1.82, 2.24) is 25.0 Å². The van der Waals surface area contributed by atoms with Crippen LogP contribution in [0.15, 0.2) is 12.1 Å². The van der Waals surface area contributed by atoms with Crippen molar-refractivity contribution in [2.45, 2.75) is 31.8 Å². The minimum atomic E-state index is -0.00815. The van der Waals surface area contributed by atoms with Gasteiger partial charge in [0.25, 0.3) is 5.91 Å². The van der Waals surface area contributed by atoms with E-state index in [1.54, 1.807) is 19.2 Å². The molecule has 0 aliphatic carbocycles. The van der Waals surface area contributed by atoms with Gasteiger partial charge in [-0.3, -0.25) is 4.79 Å². The summed E-state index contributed by atoms with van der Waals surface area (Å²) in [5.74, 6) is 4.07. The van der Waals surface area contributed by atoms with Crippen LogP contribution in [0.25, 0.3) is 0 Å². The molecule has 10 heteroatoms. The van der Waals surface area contributed by atoms with Crippen molar-refractivity contribution in [3.05, 3.63) is 29.3 Å². The number of halogens is 1. The van der Waals surface area contributed by atoms with Crippen molar-refractivity contribution >= 4 is 18.3 Å². The quantitative estimate of drug-likeness (QED) is 0.783. The second kappa shape index (κ2) is 8.69. The van der Waals surface area contributed by atoms with Gasteiger partial charge in [-0.2, -0.15) is 0 Å². The third-order valence-corrected chi connectivity index (χ3v) is 5.87. The second-order valence-electron chi connectivity index (χ2n) is 7.57. The zero-order chi connectivity index (χ0) is 19.8. The van der Waals surface area contributed by atoms with E-state index in [2.05, 4.69) is 20.1 Å². The number of nitrogens with one attached hydrogen (secondary N) is 1. The van der Waals surface area contributed by atoms with Crippen LogP contribution in [-0.2, 0) is 13.1 Å². The molecule has 3 aliphatic rings. The molecule has 2 aromatic rings. The van der Waals surface area contributed by atoms with Crippen LogP contribution < -0.4 is 19.5 Å². The van der Waals surface area contributed by atoms with Crippen molar-refractivity contribution in [3.63, 3.8) is 0 Å². The zero-order valence-corrected chi connectivity index (χ0v) is 17.7. The number of hydrogen-bond acceptors (Lipinski definition) is 7. The third-order valence-electron chi connectivity index (χ3n) is 5.87. The minimum Gasteiger partial charge on any atom is -0.493 e. The first-order chi connectivity index (χ1) is 14.2. The Labute approximate surface area is 181 Å². The topological polar surface area (TPSA) is 90.7 Å². The van der Waals surface area contributed by atoms with E-state index in [1.165, 1.54) is 0 Å². The lowest BCUT2D eigenvalue weighted by Crippen LogP contribution is -2.39. The molecule has 5 rings (SSSR count). The fraction of sp³-hybridized carbons (Fsp3) is 0.550. The molecule has 0 bridgehead atoms. The van der Waals surface area contributed by atoms with Crippen LogP contribution in [0.5, 0.6) is 17.2 Å². The molecule has 1 aromatic heterocycles. The Morgan fingerprint density at radius 1 is 1.17 bits per heavy atom. The fourth-order valence-corrected chi connectivity index (χ4v) is 4.34. The summed E-state index contributed by atoms with van der Waals surface area (Å²) in [4.78, 5) is 15.0. The van der Waals surface area contributed by atoms with Gasteiger partial charge in [0, 0.05) is 37.7 Å². The molecule has 9 nitrogen and oxygen atoms in total. The largest absolute Gasteiger partial charge is 0.493 e. The number of rotatable bonds is 3. The highest BCUT2D eigenvalue weighted by atomic mass is 35.5.